The van der Waals surface area contributed by atoms with Gasteiger partial charge in [0.05, 0.1) is 0 Å². The van der Waals surface area contributed by atoms with Gasteiger partial charge in [-0.2, -0.15) is 8.78 Å². The molecule has 1 rings (SSSR count). The average molecular weight is 173 g/mol. The molecule has 7 heteroatoms. The van der Waals surface area contributed by atoms with E-state index in [9.17, 15) is 22.4 Å². The van der Waals surface area contributed by atoms with Crippen LogP contribution in [0.15, 0.2) is 0 Å². The van der Waals surface area contributed by atoms with Crippen LogP contribution in [0.2, 0.25) is 0 Å². The van der Waals surface area contributed by atoms with Crippen LogP contribution in [0, 0.1) is 0 Å². The fourth-order valence-electron chi connectivity index (χ4n) is 0.735. The highest BCUT2D eigenvalue weighted by Crippen LogP contribution is 2.46. The predicted octanol–water partition coefficient (Wildman–Crippen LogP) is 0.572. The molecule has 1 atom stereocenters. The zero-order chi connectivity index (χ0) is 8.86. The van der Waals surface area contributed by atoms with Gasteiger partial charge in [0.15, 0.2) is 0 Å². The lowest BCUT2D eigenvalue weighted by molar-refractivity contribution is -0.352. The normalized spacial score (nSPS) is 36.4. The summed E-state index contributed by atoms with van der Waals surface area (Å²) in [5, 5.41) is 6.82. The molecule has 0 aromatic carbocycles. The Hall–Kier alpha value is -0.850. The first kappa shape index (κ1) is 8.25. The molecule has 0 spiro atoms. The molecule has 1 N–H and O–H groups in total. The van der Waals surface area contributed by atoms with Gasteiger partial charge in [-0.15, -0.1) is 4.48 Å². The Morgan fingerprint density at radius 3 is 2.00 bits per heavy atom. The summed E-state index contributed by atoms with van der Waals surface area (Å²) in [6.07, 6.45) is 0. The van der Waals surface area contributed by atoms with Crippen LogP contribution in [0.3, 0.4) is 0 Å². The third kappa shape index (κ3) is 0.740. The van der Waals surface area contributed by atoms with Crippen LogP contribution in [0.25, 0.3) is 0 Å². The van der Waals surface area contributed by atoms with Gasteiger partial charge in [0, 0.05) is 0 Å². The lowest BCUT2D eigenvalue weighted by Gasteiger charge is -2.43. The van der Waals surface area contributed by atoms with Gasteiger partial charge in [-0.3, -0.25) is 0 Å². The Bertz CT molecular complexity index is 208. The summed E-state index contributed by atoms with van der Waals surface area (Å²) in [6, 6.07) is 0. The van der Waals surface area contributed by atoms with Crippen molar-refractivity contribution in [3.63, 3.8) is 0 Å². The van der Waals surface area contributed by atoms with Crippen molar-refractivity contribution in [2.75, 3.05) is 6.54 Å². The molecular formula is C4H3F4NO2. The Balaban J connectivity index is 2.92. The smallest absolute Gasteiger partial charge is 0.366 e. The number of hydrogen-bond donors (Lipinski definition) is 1. The fraction of sp³-hybridized carbons (Fsp3) is 0.750. The summed E-state index contributed by atoms with van der Waals surface area (Å²) in [6.45, 7) is -1.52. The van der Waals surface area contributed by atoms with E-state index in [1.807, 2.05) is 0 Å². The van der Waals surface area contributed by atoms with E-state index in [0.717, 1.165) is 0 Å². The standard InChI is InChI=1S/C4H3F4NO2/c5-3(6)1-9(8)4(3,7)2(10)11/h1H2,(H,10,11). The number of aliphatic carboxylic acids is 1. The van der Waals surface area contributed by atoms with Gasteiger partial charge >= 0.3 is 17.7 Å². The minimum Gasteiger partial charge on any atom is -0.478 e. The van der Waals surface area contributed by atoms with E-state index in [4.69, 9.17) is 5.11 Å². The maximum Gasteiger partial charge on any atom is 0.366 e. The number of carboxylic acids is 1. The van der Waals surface area contributed by atoms with Crippen LogP contribution >= 0.6 is 0 Å². The first-order chi connectivity index (χ1) is 4.82. The van der Waals surface area contributed by atoms with Crippen molar-refractivity contribution in [2.24, 2.45) is 0 Å². The van der Waals surface area contributed by atoms with Gasteiger partial charge in [-0.1, -0.05) is 5.12 Å². The molecule has 0 amide bonds. The summed E-state index contributed by atoms with van der Waals surface area (Å²) in [5.41, 5.74) is 0. The van der Waals surface area contributed by atoms with E-state index in [1.54, 1.807) is 0 Å². The van der Waals surface area contributed by atoms with Gasteiger partial charge in [-0.25, -0.2) is 9.18 Å². The summed E-state index contributed by atoms with van der Waals surface area (Å²) in [5.74, 6) is -10.8. The quantitative estimate of drug-likeness (QED) is 0.358. The lowest BCUT2D eigenvalue weighted by Crippen LogP contribution is -2.73. The van der Waals surface area contributed by atoms with Gasteiger partial charge in [0.1, 0.15) is 6.54 Å². The van der Waals surface area contributed by atoms with Crippen molar-refractivity contribution >= 4 is 5.97 Å². The Morgan fingerprint density at radius 1 is 1.45 bits per heavy atom. The van der Waals surface area contributed by atoms with Crippen LogP contribution in [0.4, 0.5) is 17.7 Å². The highest BCUT2D eigenvalue weighted by Gasteiger charge is 2.76. The minimum atomic E-state index is -4.17. The Morgan fingerprint density at radius 2 is 1.91 bits per heavy atom. The van der Waals surface area contributed by atoms with Crippen LogP contribution in [0.5, 0.6) is 0 Å². The topological polar surface area (TPSA) is 40.5 Å². The highest BCUT2D eigenvalue weighted by atomic mass is 19.3. The van der Waals surface area contributed by atoms with E-state index in [2.05, 4.69) is 0 Å². The molecule has 0 aromatic heterocycles. The molecule has 0 aliphatic carbocycles. The first-order valence-electron chi connectivity index (χ1n) is 2.56. The fourth-order valence-corrected chi connectivity index (χ4v) is 0.735. The monoisotopic (exact) mass is 173 g/mol. The van der Waals surface area contributed by atoms with Gasteiger partial charge < -0.3 is 5.11 Å². The number of alkyl halides is 3. The van der Waals surface area contributed by atoms with Crippen LogP contribution < -0.4 is 0 Å². The molecule has 0 bridgehead atoms. The van der Waals surface area contributed by atoms with Crippen LogP contribution in [-0.4, -0.2) is 34.5 Å². The van der Waals surface area contributed by atoms with Crippen molar-refractivity contribution in [1.82, 2.24) is 5.12 Å². The van der Waals surface area contributed by atoms with Crippen molar-refractivity contribution in [3.8, 4) is 0 Å². The van der Waals surface area contributed by atoms with Gasteiger partial charge in [0.2, 0.25) is 0 Å². The Kier molecular flexibility index (Phi) is 1.38. The SMILES string of the molecule is O=C(O)C1(F)N(F)CC1(F)F. The molecule has 0 saturated carbocycles. The molecule has 3 nitrogen and oxygen atoms in total. The number of halogens is 4. The van der Waals surface area contributed by atoms with E-state index < -0.39 is 29.4 Å². The third-order valence-electron chi connectivity index (χ3n) is 1.44. The molecule has 1 aliphatic heterocycles. The zero-order valence-electron chi connectivity index (χ0n) is 5.02. The molecule has 11 heavy (non-hydrogen) atoms. The second-order valence-electron chi connectivity index (χ2n) is 2.15. The van der Waals surface area contributed by atoms with Crippen LogP contribution in [-0.2, 0) is 4.79 Å². The lowest BCUT2D eigenvalue weighted by atomic mass is 9.99. The average Bonchev–Trinajstić information content (AvgIpc) is 1.85. The summed E-state index contributed by atoms with van der Waals surface area (Å²) in [4.78, 5) is 9.79. The number of carboxylic acid groups (broad SMARTS) is 1. The maximum absolute atomic E-state index is 12.4. The maximum atomic E-state index is 12.4. The second kappa shape index (κ2) is 1.84. The van der Waals surface area contributed by atoms with E-state index in [-0.39, 0.29) is 0 Å². The van der Waals surface area contributed by atoms with E-state index >= 15 is 0 Å². The van der Waals surface area contributed by atoms with Crippen molar-refractivity contribution < 1.29 is 27.6 Å². The molecule has 64 valence electrons. The summed E-state index contributed by atoms with van der Waals surface area (Å²) < 4.78 is 48.4. The first-order valence-corrected chi connectivity index (χ1v) is 2.56. The molecule has 0 radical (unpaired) electrons. The molecule has 1 fully saturated rings. The van der Waals surface area contributed by atoms with Gasteiger partial charge in [0.25, 0.3) is 0 Å². The molecular weight excluding hydrogens is 170 g/mol. The molecule has 1 aliphatic rings. The summed E-state index contributed by atoms with van der Waals surface area (Å²) in [7, 11) is 0. The molecule has 1 heterocycles. The number of rotatable bonds is 1. The molecule has 1 saturated heterocycles. The minimum absolute atomic E-state index is 1.05. The molecule has 0 aromatic rings. The van der Waals surface area contributed by atoms with Crippen molar-refractivity contribution in [1.29, 1.82) is 0 Å². The van der Waals surface area contributed by atoms with E-state index in [0.29, 0.717) is 0 Å². The number of nitrogens with zero attached hydrogens (tertiary/aromatic N) is 1. The predicted molar refractivity (Wildman–Crippen MR) is 24.2 cm³/mol. The third-order valence-corrected chi connectivity index (χ3v) is 1.44. The van der Waals surface area contributed by atoms with Crippen molar-refractivity contribution in [3.05, 3.63) is 0 Å². The largest absolute Gasteiger partial charge is 0.478 e. The number of carbonyl (C=O) groups is 1. The second-order valence-corrected chi connectivity index (χ2v) is 2.15. The van der Waals surface area contributed by atoms with E-state index in [1.165, 1.54) is 0 Å². The zero-order valence-corrected chi connectivity index (χ0v) is 5.02. The summed E-state index contributed by atoms with van der Waals surface area (Å²) >= 11 is 0. The Labute approximate surface area is 58.1 Å². The molecule has 1 unspecified atom stereocenters. The highest BCUT2D eigenvalue weighted by molar-refractivity contribution is 5.79. The van der Waals surface area contributed by atoms with Crippen LogP contribution in [0.1, 0.15) is 0 Å². The van der Waals surface area contributed by atoms with Gasteiger partial charge in [-0.05, 0) is 0 Å². The number of hydrogen-bond acceptors (Lipinski definition) is 2. The van der Waals surface area contributed by atoms with Crippen molar-refractivity contribution in [2.45, 2.75) is 11.7 Å².